The lowest BCUT2D eigenvalue weighted by atomic mass is 10.2. The number of anilines is 2. The summed E-state index contributed by atoms with van der Waals surface area (Å²) in [6.45, 7) is 3.30. The van der Waals surface area contributed by atoms with Crippen LogP contribution in [-0.2, 0) is 0 Å². The van der Waals surface area contributed by atoms with E-state index < -0.39 is 0 Å². The summed E-state index contributed by atoms with van der Waals surface area (Å²) < 4.78 is 5.80. The fourth-order valence-corrected chi connectivity index (χ4v) is 2.34. The zero-order chi connectivity index (χ0) is 19.1. The topological polar surface area (TPSA) is 79.0 Å². The first-order valence-corrected chi connectivity index (χ1v) is 8.77. The van der Waals surface area contributed by atoms with Gasteiger partial charge in [0.2, 0.25) is 5.88 Å². The maximum absolute atomic E-state index is 5.80. The molecule has 0 saturated heterocycles. The zero-order valence-electron chi connectivity index (χ0n) is 15.8. The van der Waals surface area contributed by atoms with E-state index in [1.807, 2.05) is 69.6 Å². The number of hydrogen-bond acceptors (Lipinski definition) is 6. The van der Waals surface area contributed by atoms with E-state index in [0.717, 1.165) is 17.8 Å². The number of nitrogens with one attached hydrogen (secondary N) is 2. The van der Waals surface area contributed by atoms with Gasteiger partial charge in [-0.25, -0.2) is 4.98 Å². The Balaban J connectivity index is 1.81. The molecule has 2 heterocycles. The lowest BCUT2D eigenvalue weighted by molar-refractivity contribution is 0.253. The van der Waals surface area contributed by atoms with Gasteiger partial charge in [-0.05, 0) is 32.7 Å². The van der Waals surface area contributed by atoms with Crippen molar-refractivity contribution in [2.75, 3.05) is 32.6 Å². The summed E-state index contributed by atoms with van der Waals surface area (Å²) in [6, 6.07) is 13.7. The second-order valence-electron chi connectivity index (χ2n) is 6.41. The van der Waals surface area contributed by atoms with Crippen LogP contribution in [0.2, 0.25) is 0 Å². The molecule has 1 aromatic carbocycles. The molecule has 27 heavy (non-hydrogen) atoms. The van der Waals surface area contributed by atoms with Crippen molar-refractivity contribution >= 4 is 23.8 Å². The third-order valence-corrected chi connectivity index (χ3v) is 3.69. The van der Waals surface area contributed by atoms with Crippen molar-refractivity contribution in [3.63, 3.8) is 0 Å². The van der Waals surface area contributed by atoms with Crippen LogP contribution in [0, 0.1) is 6.92 Å². The number of nitrogens with zero attached hydrogens (tertiary/aromatic N) is 4. The van der Waals surface area contributed by atoms with Gasteiger partial charge in [0.15, 0.2) is 11.6 Å². The van der Waals surface area contributed by atoms with Gasteiger partial charge in [0.05, 0.1) is 0 Å². The fraction of sp³-hybridized carbons (Fsp3) is 0.250. The smallest absolute Gasteiger partial charge is 0.219 e. The third kappa shape index (κ3) is 5.93. The van der Waals surface area contributed by atoms with Crippen LogP contribution >= 0.6 is 0 Å². The molecule has 3 rings (SSSR count). The largest absolute Gasteiger partial charge is 0.476 e. The average molecular weight is 364 g/mol. The van der Waals surface area contributed by atoms with E-state index in [0.29, 0.717) is 29.9 Å². The number of aromatic nitrogens is 4. The van der Waals surface area contributed by atoms with Crippen LogP contribution in [0.25, 0.3) is 12.2 Å². The molecule has 0 saturated carbocycles. The summed E-state index contributed by atoms with van der Waals surface area (Å²) in [5, 5.41) is 10.3. The van der Waals surface area contributed by atoms with Crippen LogP contribution in [0.15, 0.2) is 42.5 Å². The van der Waals surface area contributed by atoms with Crippen LogP contribution in [0.5, 0.6) is 5.88 Å². The standard InChI is InChI=1S/C20H24N6O/c1-15-13-19(25-24-15)22-18-14-20(27-12-11-26(2)3)23-17(21-18)10-9-16-7-5-4-6-8-16/h4-10,13-14H,11-12H2,1-3H3,(H2,21,22,23,24,25). The van der Waals surface area contributed by atoms with Crippen molar-refractivity contribution in [3.8, 4) is 5.88 Å². The molecule has 140 valence electrons. The molecule has 7 heteroatoms. The molecule has 0 aliphatic heterocycles. The van der Waals surface area contributed by atoms with Crippen LogP contribution in [0.1, 0.15) is 17.1 Å². The van der Waals surface area contributed by atoms with E-state index >= 15 is 0 Å². The van der Waals surface area contributed by atoms with Gasteiger partial charge in [0, 0.05) is 24.4 Å². The van der Waals surface area contributed by atoms with E-state index in [4.69, 9.17) is 4.74 Å². The predicted molar refractivity (Wildman–Crippen MR) is 108 cm³/mol. The monoisotopic (exact) mass is 364 g/mol. The number of aromatic amines is 1. The molecule has 2 N–H and O–H groups in total. The number of likely N-dealkylation sites (N-methyl/N-ethyl adjacent to an activating group) is 1. The second-order valence-corrected chi connectivity index (χ2v) is 6.41. The third-order valence-electron chi connectivity index (χ3n) is 3.69. The Morgan fingerprint density at radius 1 is 1.07 bits per heavy atom. The zero-order valence-corrected chi connectivity index (χ0v) is 15.8. The van der Waals surface area contributed by atoms with Crippen molar-refractivity contribution in [1.82, 2.24) is 25.1 Å². The molecule has 0 atom stereocenters. The van der Waals surface area contributed by atoms with Gasteiger partial charge in [-0.3, -0.25) is 5.10 Å². The highest BCUT2D eigenvalue weighted by molar-refractivity contribution is 5.67. The highest BCUT2D eigenvalue weighted by Crippen LogP contribution is 2.19. The number of aryl methyl sites for hydroxylation is 1. The lowest BCUT2D eigenvalue weighted by Crippen LogP contribution is -2.19. The fourth-order valence-electron chi connectivity index (χ4n) is 2.34. The molecule has 0 fully saturated rings. The van der Waals surface area contributed by atoms with Crippen LogP contribution in [-0.4, -0.2) is 52.3 Å². The molecule has 0 aliphatic rings. The summed E-state index contributed by atoms with van der Waals surface area (Å²) in [5.74, 6) is 2.41. The molecule has 7 nitrogen and oxygen atoms in total. The van der Waals surface area contributed by atoms with E-state index in [9.17, 15) is 0 Å². The summed E-state index contributed by atoms with van der Waals surface area (Å²) >= 11 is 0. The summed E-state index contributed by atoms with van der Waals surface area (Å²) in [7, 11) is 4.01. The van der Waals surface area contributed by atoms with Crippen molar-refractivity contribution < 1.29 is 4.74 Å². The normalized spacial score (nSPS) is 11.3. The first-order valence-electron chi connectivity index (χ1n) is 8.77. The van der Waals surface area contributed by atoms with Gasteiger partial charge in [-0.2, -0.15) is 10.1 Å². The second kappa shape index (κ2) is 8.95. The minimum atomic E-state index is 0.523. The number of H-pyrrole nitrogens is 1. The first kappa shape index (κ1) is 18.6. The molecule has 2 aromatic heterocycles. The van der Waals surface area contributed by atoms with Gasteiger partial charge < -0.3 is 15.0 Å². The molecular formula is C20H24N6O. The number of rotatable bonds is 8. The minimum Gasteiger partial charge on any atom is -0.476 e. The Morgan fingerprint density at radius 2 is 1.89 bits per heavy atom. The van der Waals surface area contributed by atoms with E-state index in [2.05, 4.69) is 30.4 Å². The van der Waals surface area contributed by atoms with Gasteiger partial charge in [-0.1, -0.05) is 36.4 Å². The quantitative estimate of drug-likeness (QED) is 0.638. The summed E-state index contributed by atoms with van der Waals surface area (Å²) in [5.41, 5.74) is 2.05. The van der Waals surface area contributed by atoms with Gasteiger partial charge in [0.25, 0.3) is 0 Å². The van der Waals surface area contributed by atoms with Crippen LogP contribution in [0.3, 0.4) is 0 Å². The number of hydrogen-bond donors (Lipinski definition) is 2. The van der Waals surface area contributed by atoms with Gasteiger partial charge in [-0.15, -0.1) is 0 Å². The van der Waals surface area contributed by atoms with Crippen molar-refractivity contribution in [1.29, 1.82) is 0 Å². The van der Waals surface area contributed by atoms with Gasteiger partial charge >= 0.3 is 0 Å². The maximum Gasteiger partial charge on any atom is 0.219 e. The molecule has 0 bridgehead atoms. The molecular weight excluding hydrogens is 340 g/mol. The van der Waals surface area contributed by atoms with E-state index in [1.165, 1.54) is 0 Å². The summed E-state index contributed by atoms with van der Waals surface area (Å²) in [4.78, 5) is 11.1. The predicted octanol–water partition coefficient (Wildman–Crippen LogP) is 3.36. The summed E-state index contributed by atoms with van der Waals surface area (Å²) in [6.07, 6.45) is 3.84. The highest BCUT2D eigenvalue weighted by Gasteiger charge is 2.07. The Labute approximate surface area is 159 Å². The molecule has 0 spiro atoms. The molecule has 3 aromatic rings. The number of ether oxygens (including phenoxy) is 1. The first-order chi connectivity index (χ1) is 13.1. The Morgan fingerprint density at radius 3 is 2.59 bits per heavy atom. The van der Waals surface area contributed by atoms with Crippen molar-refractivity contribution in [3.05, 3.63) is 59.5 Å². The van der Waals surface area contributed by atoms with Crippen molar-refractivity contribution in [2.45, 2.75) is 6.92 Å². The highest BCUT2D eigenvalue weighted by atomic mass is 16.5. The minimum absolute atomic E-state index is 0.523. The van der Waals surface area contributed by atoms with Crippen LogP contribution in [0.4, 0.5) is 11.6 Å². The van der Waals surface area contributed by atoms with Crippen LogP contribution < -0.4 is 10.1 Å². The molecule has 0 radical (unpaired) electrons. The maximum atomic E-state index is 5.80. The Bertz CT molecular complexity index is 888. The van der Waals surface area contributed by atoms with E-state index in [1.54, 1.807) is 6.07 Å². The molecule has 0 amide bonds. The molecule has 0 unspecified atom stereocenters. The van der Waals surface area contributed by atoms with Crippen molar-refractivity contribution in [2.24, 2.45) is 0 Å². The lowest BCUT2D eigenvalue weighted by Gasteiger charge is -2.11. The van der Waals surface area contributed by atoms with Gasteiger partial charge in [0.1, 0.15) is 12.4 Å². The Hall–Kier alpha value is -3.19. The number of benzene rings is 1. The Kier molecular flexibility index (Phi) is 6.17. The van der Waals surface area contributed by atoms with E-state index in [-0.39, 0.29) is 0 Å². The average Bonchev–Trinajstić information content (AvgIpc) is 3.05. The SMILES string of the molecule is Cc1cc(Nc2cc(OCCN(C)C)nc(C=Cc3ccccc3)n2)n[nH]1. The molecule has 0 aliphatic carbocycles.